The molecule has 0 unspecified atom stereocenters. The van der Waals surface area contributed by atoms with Crippen LogP contribution in [0, 0.1) is 12.3 Å². The second kappa shape index (κ2) is 8.37. The minimum Gasteiger partial charge on any atom is -0.496 e. The van der Waals surface area contributed by atoms with Crippen molar-refractivity contribution in [3.05, 3.63) is 76.5 Å². The molecule has 1 aliphatic heterocycles. The Morgan fingerprint density at radius 2 is 1.91 bits per heavy atom. The summed E-state index contributed by atoms with van der Waals surface area (Å²) >= 11 is 1.60. The Balaban J connectivity index is 1.56. The lowest BCUT2D eigenvalue weighted by Gasteiger charge is -2.38. The summed E-state index contributed by atoms with van der Waals surface area (Å²) in [7, 11) is 1.66. The number of fused-ring (bicyclic) bond motifs is 1. The molecule has 1 aliphatic carbocycles. The van der Waals surface area contributed by atoms with Gasteiger partial charge in [0.05, 0.1) is 7.11 Å². The molecule has 170 valence electrons. The van der Waals surface area contributed by atoms with Gasteiger partial charge in [0.1, 0.15) is 11.8 Å². The highest BCUT2D eigenvalue weighted by molar-refractivity contribution is 7.98. The van der Waals surface area contributed by atoms with Gasteiger partial charge in [-0.15, -0.1) is 5.10 Å². The smallest absolute Gasteiger partial charge is 0.227 e. The van der Waals surface area contributed by atoms with E-state index in [0.29, 0.717) is 17.5 Å². The van der Waals surface area contributed by atoms with Gasteiger partial charge in [-0.25, -0.2) is 4.68 Å². The maximum atomic E-state index is 13.4. The van der Waals surface area contributed by atoms with Crippen LogP contribution in [0.4, 0.5) is 5.95 Å². The van der Waals surface area contributed by atoms with Gasteiger partial charge in [-0.05, 0) is 36.0 Å². The Hall–Kier alpha value is -3.06. The van der Waals surface area contributed by atoms with Crippen LogP contribution in [0.5, 0.6) is 5.75 Å². The molecule has 6 nitrogen and oxygen atoms in total. The van der Waals surface area contributed by atoms with Crippen LogP contribution in [-0.2, 0) is 10.5 Å². The molecule has 0 spiro atoms. The van der Waals surface area contributed by atoms with Crippen LogP contribution < -0.4 is 10.1 Å². The molecule has 0 fully saturated rings. The van der Waals surface area contributed by atoms with Crippen LogP contribution in [-0.4, -0.2) is 27.7 Å². The first-order valence-corrected chi connectivity index (χ1v) is 12.1. The van der Waals surface area contributed by atoms with Crippen molar-refractivity contribution in [2.75, 3.05) is 12.4 Å². The number of rotatable bonds is 5. The molecule has 2 heterocycles. The molecule has 2 aliphatic rings. The number of para-hydroxylation sites is 1. The first-order valence-electron chi connectivity index (χ1n) is 11.2. The third-order valence-electron chi connectivity index (χ3n) is 6.36. The predicted octanol–water partition coefficient (Wildman–Crippen LogP) is 5.55. The lowest BCUT2D eigenvalue weighted by Crippen LogP contribution is -2.36. The Bertz CT molecular complexity index is 1260. The lowest BCUT2D eigenvalue weighted by molar-refractivity contribution is -0.118. The Morgan fingerprint density at radius 3 is 2.70 bits per heavy atom. The summed E-state index contributed by atoms with van der Waals surface area (Å²) in [6.45, 7) is 6.39. The molecule has 0 radical (unpaired) electrons. The molecule has 0 bridgehead atoms. The van der Waals surface area contributed by atoms with Crippen LogP contribution in [0.2, 0.25) is 0 Å². The van der Waals surface area contributed by atoms with Crippen molar-refractivity contribution in [2.45, 2.75) is 50.6 Å². The maximum absolute atomic E-state index is 13.4. The number of benzene rings is 2. The van der Waals surface area contributed by atoms with Gasteiger partial charge in [-0.3, -0.25) is 4.79 Å². The van der Waals surface area contributed by atoms with Crippen LogP contribution in [0.15, 0.2) is 65.0 Å². The summed E-state index contributed by atoms with van der Waals surface area (Å²) in [5.74, 6) is 2.35. The number of nitrogens with one attached hydrogen (secondary N) is 1. The van der Waals surface area contributed by atoms with E-state index in [9.17, 15) is 4.79 Å². The maximum Gasteiger partial charge on any atom is 0.227 e. The molecule has 7 heteroatoms. The van der Waals surface area contributed by atoms with Crippen LogP contribution in [0.1, 0.15) is 49.4 Å². The van der Waals surface area contributed by atoms with E-state index in [0.717, 1.165) is 34.8 Å². The van der Waals surface area contributed by atoms with Gasteiger partial charge in [-0.1, -0.05) is 68.1 Å². The fourth-order valence-electron chi connectivity index (χ4n) is 4.74. The fourth-order valence-corrected chi connectivity index (χ4v) is 5.65. The third kappa shape index (κ3) is 4.06. The minimum atomic E-state index is -0.365. The van der Waals surface area contributed by atoms with E-state index in [1.165, 1.54) is 11.1 Å². The summed E-state index contributed by atoms with van der Waals surface area (Å²) in [6, 6.07) is 15.8. The molecule has 3 aromatic rings. The number of aromatic nitrogens is 3. The number of thioether (sulfide) groups is 1. The van der Waals surface area contributed by atoms with Crippen molar-refractivity contribution in [3.8, 4) is 5.75 Å². The average Bonchev–Trinajstić information content (AvgIpc) is 3.18. The number of ketones is 1. The quantitative estimate of drug-likeness (QED) is 0.504. The zero-order valence-electron chi connectivity index (χ0n) is 19.4. The number of hydrogen-bond acceptors (Lipinski definition) is 6. The fraction of sp³-hybridized carbons (Fsp3) is 0.346. The van der Waals surface area contributed by atoms with Crippen molar-refractivity contribution in [2.24, 2.45) is 5.41 Å². The van der Waals surface area contributed by atoms with Crippen LogP contribution in [0.3, 0.4) is 0 Å². The number of hydrogen-bond donors (Lipinski definition) is 1. The molecule has 0 saturated carbocycles. The summed E-state index contributed by atoms with van der Waals surface area (Å²) in [5, 5.41) is 8.99. The van der Waals surface area contributed by atoms with Gasteiger partial charge in [0.15, 0.2) is 5.78 Å². The molecule has 1 aromatic heterocycles. The van der Waals surface area contributed by atoms with Gasteiger partial charge in [-0.2, -0.15) is 4.98 Å². The van der Waals surface area contributed by atoms with Crippen molar-refractivity contribution < 1.29 is 9.53 Å². The number of carbonyl (C=O) groups is 1. The highest BCUT2D eigenvalue weighted by Crippen LogP contribution is 2.47. The highest BCUT2D eigenvalue weighted by Gasteiger charge is 2.42. The van der Waals surface area contributed by atoms with Crippen LogP contribution in [0.25, 0.3) is 0 Å². The topological polar surface area (TPSA) is 69.0 Å². The third-order valence-corrected chi connectivity index (χ3v) is 7.25. The molecular weight excluding hydrogens is 432 g/mol. The van der Waals surface area contributed by atoms with E-state index < -0.39 is 0 Å². The van der Waals surface area contributed by atoms with E-state index in [1.54, 1.807) is 18.9 Å². The predicted molar refractivity (Wildman–Crippen MR) is 131 cm³/mol. The molecule has 0 amide bonds. The monoisotopic (exact) mass is 460 g/mol. The zero-order chi connectivity index (χ0) is 23.2. The molecule has 0 saturated heterocycles. The normalized spacial score (nSPS) is 19.0. The van der Waals surface area contributed by atoms with E-state index >= 15 is 0 Å². The number of allylic oxidation sites excluding steroid dienone is 2. The molecule has 5 rings (SSSR count). The van der Waals surface area contributed by atoms with Crippen molar-refractivity contribution in [3.63, 3.8) is 0 Å². The molecular formula is C26H28N4O2S. The Morgan fingerprint density at radius 1 is 1.15 bits per heavy atom. The standard InChI is InChI=1S/C26H28N4O2S/c1-16-9-5-6-10-17(16)15-33-25-28-24-27-19-13-26(2,3)14-20(31)22(19)23(30(24)29-25)18-11-7-8-12-21(18)32-4/h5-12,23H,13-15H2,1-4H3,(H,27,28,29)/t23-/m1/s1. The number of anilines is 1. The number of methoxy groups -OCH3 is 1. The first kappa shape index (κ1) is 21.8. The minimum absolute atomic E-state index is 0.0984. The van der Waals surface area contributed by atoms with Gasteiger partial charge < -0.3 is 10.1 Å². The van der Waals surface area contributed by atoms with E-state index in [4.69, 9.17) is 14.8 Å². The molecule has 33 heavy (non-hydrogen) atoms. The van der Waals surface area contributed by atoms with Crippen molar-refractivity contribution >= 4 is 23.5 Å². The lowest BCUT2D eigenvalue weighted by atomic mass is 9.73. The number of carbonyl (C=O) groups excluding carboxylic acids is 1. The van der Waals surface area contributed by atoms with E-state index in [1.807, 2.05) is 35.0 Å². The average molecular weight is 461 g/mol. The number of ether oxygens (including phenoxy) is 1. The van der Waals surface area contributed by atoms with Gasteiger partial charge in [0.2, 0.25) is 11.1 Å². The van der Waals surface area contributed by atoms with E-state index in [2.05, 4.69) is 44.3 Å². The molecule has 2 aromatic carbocycles. The van der Waals surface area contributed by atoms with Gasteiger partial charge >= 0.3 is 0 Å². The van der Waals surface area contributed by atoms with Crippen molar-refractivity contribution in [1.29, 1.82) is 0 Å². The van der Waals surface area contributed by atoms with Gasteiger partial charge in [0.25, 0.3) is 0 Å². The van der Waals surface area contributed by atoms with Crippen molar-refractivity contribution in [1.82, 2.24) is 14.8 Å². The summed E-state index contributed by atoms with van der Waals surface area (Å²) < 4.78 is 7.53. The SMILES string of the molecule is COc1ccccc1[C@@H]1C2=C(CC(C)(C)CC2=O)Nc2nc(SCc3ccccc3C)nn21. The Kier molecular flexibility index (Phi) is 5.52. The summed E-state index contributed by atoms with van der Waals surface area (Å²) in [4.78, 5) is 18.2. The largest absolute Gasteiger partial charge is 0.496 e. The second-order valence-corrected chi connectivity index (χ2v) is 10.4. The number of nitrogens with zero attached hydrogens (tertiary/aromatic N) is 3. The molecule has 1 atom stereocenters. The molecule has 1 N–H and O–H groups in total. The highest BCUT2D eigenvalue weighted by atomic mass is 32.2. The van der Waals surface area contributed by atoms with Crippen LogP contribution >= 0.6 is 11.8 Å². The first-order chi connectivity index (χ1) is 15.9. The zero-order valence-corrected chi connectivity index (χ0v) is 20.2. The number of Topliss-reactive ketones (excluding diaryl/α,β-unsaturated/α-hetero) is 1. The van der Waals surface area contributed by atoms with Gasteiger partial charge in [0, 0.05) is 29.0 Å². The summed E-state index contributed by atoms with van der Waals surface area (Å²) in [6.07, 6.45) is 1.30. The number of aryl methyl sites for hydroxylation is 1. The summed E-state index contributed by atoms with van der Waals surface area (Å²) in [5.41, 5.74) is 5.06. The second-order valence-electron chi connectivity index (χ2n) is 9.48. The van der Waals surface area contributed by atoms with E-state index in [-0.39, 0.29) is 17.2 Å². The Labute approximate surface area is 198 Å².